The number of nitrogens with one attached hydrogen (secondary N) is 3. The summed E-state index contributed by atoms with van der Waals surface area (Å²) in [5.74, 6) is 0.101. The maximum absolute atomic E-state index is 11.5. The van der Waals surface area contributed by atoms with E-state index in [4.69, 9.17) is 0 Å². The summed E-state index contributed by atoms with van der Waals surface area (Å²) in [5, 5.41) is 9.24. The molecule has 1 aromatic rings. The first-order valence-corrected chi connectivity index (χ1v) is 5.93. The van der Waals surface area contributed by atoms with Crippen molar-refractivity contribution >= 4 is 36.4 Å². The lowest BCUT2D eigenvalue weighted by Gasteiger charge is -2.26. The normalized spacial score (nSPS) is 16.4. The first-order chi connectivity index (χ1) is 8.27. The third-order valence-electron chi connectivity index (χ3n) is 2.90. The van der Waals surface area contributed by atoms with Gasteiger partial charge in [0.2, 0.25) is 5.91 Å². The zero-order valence-corrected chi connectivity index (χ0v) is 12.4. The van der Waals surface area contributed by atoms with Crippen LogP contribution in [0.2, 0.25) is 0 Å². The number of anilines is 1. The Bertz CT molecular complexity index is 399. The highest BCUT2D eigenvalue weighted by atomic mass is 35.5. The fourth-order valence-corrected chi connectivity index (χ4v) is 1.69. The zero-order valence-electron chi connectivity index (χ0n) is 10.8. The quantitative estimate of drug-likeness (QED) is 0.713. The molecule has 1 aliphatic rings. The van der Waals surface area contributed by atoms with Gasteiger partial charge in [0.1, 0.15) is 0 Å². The van der Waals surface area contributed by atoms with Crippen LogP contribution in [0.5, 0.6) is 0 Å². The lowest BCUT2D eigenvalue weighted by atomic mass is 10.1. The largest absolute Gasteiger partial charge is 0.383 e. The van der Waals surface area contributed by atoms with Crippen molar-refractivity contribution in [2.75, 3.05) is 25.0 Å². The molecule has 1 aromatic heterocycles. The molecule has 0 spiro atoms. The number of nitrogens with zero attached hydrogens (tertiary/aromatic N) is 1. The Labute approximate surface area is 125 Å². The van der Waals surface area contributed by atoms with Crippen LogP contribution in [-0.4, -0.2) is 36.6 Å². The van der Waals surface area contributed by atoms with Crippen molar-refractivity contribution in [3.63, 3.8) is 0 Å². The van der Waals surface area contributed by atoms with Gasteiger partial charge >= 0.3 is 0 Å². The summed E-state index contributed by atoms with van der Waals surface area (Å²) >= 11 is 0. The average molecular weight is 307 g/mol. The topological polar surface area (TPSA) is 66.0 Å². The third kappa shape index (κ3) is 5.22. The Balaban J connectivity index is 0.00000162. The molecule has 19 heavy (non-hydrogen) atoms. The molecule has 1 aliphatic heterocycles. The van der Waals surface area contributed by atoms with Crippen LogP contribution in [0.4, 0.5) is 5.69 Å². The Morgan fingerprint density at radius 2 is 2.21 bits per heavy atom. The predicted octanol–water partition coefficient (Wildman–Crippen LogP) is 1.12. The lowest BCUT2D eigenvalue weighted by Crippen LogP contribution is -2.53. The first-order valence-electron chi connectivity index (χ1n) is 5.93. The number of halogens is 2. The van der Waals surface area contributed by atoms with E-state index in [0.29, 0.717) is 6.54 Å². The van der Waals surface area contributed by atoms with Crippen LogP contribution in [0.3, 0.4) is 0 Å². The van der Waals surface area contributed by atoms with Gasteiger partial charge in [0.25, 0.3) is 0 Å². The van der Waals surface area contributed by atoms with Crippen molar-refractivity contribution in [1.82, 2.24) is 15.6 Å². The number of hydrogen-bond acceptors (Lipinski definition) is 4. The van der Waals surface area contributed by atoms with E-state index in [9.17, 15) is 4.79 Å². The van der Waals surface area contributed by atoms with Gasteiger partial charge in [-0.2, -0.15) is 0 Å². The second-order valence-corrected chi connectivity index (χ2v) is 4.20. The van der Waals surface area contributed by atoms with E-state index < -0.39 is 0 Å². The summed E-state index contributed by atoms with van der Waals surface area (Å²) in [4.78, 5) is 15.5. The van der Waals surface area contributed by atoms with Crippen molar-refractivity contribution in [3.05, 3.63) is 24.0 Å². The van der Waals surface area contributed by atoms with Crippen molar-refractivity contribution < 1.29 is 4.79 Å². The van der Waals surface area contributed by atoms with Crippen LogP contribution in [-0.2, 0) is 4.79 Å². The molecule has 2 heterocycles. The molecule has 0 aromatic carbocycles. The molecule has 1 atom stereocenters. The number of carbonyl (C=O) groups is 1. The van der Waals surface area contributed by atoms with Gasteiger partial charge in [0, 0.05) is 31.2 Å². The minimum Gasteiger partial charge on any atom is -0.383 e. The number of amides is 1. The second kappa shape index (κ2) is 8.96. The fourth-order valence-electron chi connectivity index (χ4n) is 1.69. The van der Waals surface area contributed by atoms with E-state index in [0.717, 1.165) is 30.8 Å². The maximum atomic E-state index is 11.5. The van der Waals surface area contributed by atoms with Gasteiger partial charge in [0.15, 0.2) is 0 Å². The third-order valence-corrected chi connectivity index (χ3v) is 2.90. The number of aromatic nitrogens is 1. The van der Waals surface area contributed by atoms with E-state index >= 15 is 0 Å². The van der Waals surface area contributed by atoms with E-state index in [1.807, 2.05) is 19.2 Å². The van der Waals surface area contributed by atoms with Gasteiger partial charge in [0.05, 0.1) is 6.04 Å². The number of pyridine rings is 1. The van der Waals surface area contributed by atoms with Gasteiger partial charge in [-0.25, -0.2) is 0 Å². The summed E-state index contributed by atoms with van der Waals surface area (Å²) in [6, 6.07) is 1.96. The molecule has 108 valence electrons. The van der Waals surface area contributed by atoms with Crippen molar-refractivity contribution in [2.45, 2.75) is 19.4 Å². The van der Waals surface area contributed by atoms with Crippen molar-refractivity contribution in [2.24, 2.45) is 0 Å². The van der Waals surface area contributed by atoms with Gasteiger partial charge in [-0.05, 0) is 31.5 Å². The Hall–Kier alpha value is -1.04. The average Bonchev–Trinajstić information content (AvgIpc) is 2.24. The van der Waals surface area contributed by atoms with Gasteiger partial charge in [-0.15, -0.1) is 24.8 Å². The minimum absolute atomic E-state index is 0. The second-order valence-electron chi connectivity index (χ2n) is 4.20. The summed E-state index contributed by atoms with van der Waals surface area (Å²) in [6.45, 7) is 4.32. The van der Waals surface area contributed by atoms with E-state index in [1.54, 1.807) is 6.20 Å². The predicted molar refractivity (Wildman–Crippen MR) is 81.4 cm³/mol. The van der Waals surface area contributed by atoms with Crippen molar-refractivity contribution in [3.8, 4) is 0 Å². The van der Waals surface area contributed by atoms with Crippen LogP contribution < -0.4 is 16.0 Å². The summed E-state index contributed by atoms with van der Waals surface area (Å²) in [6.07, 6.45) is 4.52. The van der Waals surface area contributed by atoms with E-state index in [-0.39, 0.29) is 36.8 Å². The maximum Gasteiger partial charge on any atom is 0.237 e. The molecule has 1 saturated heterocycles. The summed E-state index contributed by atoms with van der Waals surface area (Å²) < 4.78 is 0. The van der Waals surface area contributed by atoms with E-state index in [2.05, 4.69) is 20.9 Å². The number of aryl methyl sites for hydroxylation is 1. The molecule has 0 radical (unpaired) electrons. The molecule has 7 heteroatoms. The molecule has 0 saturated carbocycles. The van der Waals surface area contributed by atoms with Crippen molar-refractivity contribution in [1.29, 1.82) is 0 Å². The molecule has 1 amide bonds. The number of hydrogen-bond donors (Lipinski definition) is 3. The monoisotopic (exact) mass is 306 g/mol. The number of carbonyl (C=O) groups excluding carboxylic acids is 1. The SMILES string of the molecule is Cc1cnccc1NCCNC(=O)C1CCN1.Cl.Cl. The van der Waals surface area contributed by atoms with Gasteiger partial charge in [-0.3, -0.25) is 9.78 Å². The van der Waals surface area contributed by atoms with Crippen LogP contribution in [0.25, 0.3) is 0 Å². The summed E-state index contributed by atoms with van der Waals surface area (Å²) in [7, 11) is 0. The molecule has 0 bridgehead atoms. The molecule has 3 N–H and O–H groups in total. The molecular weight excluding hydrogens is 287 g/mol. The standard InChI is InChI=1S/C12H18N4O.2ClH/c1-9-8-13-4-2-10(9)15-6-7-16-12(17)11-3-5-14-11;;/h2,4,8,11,14H,3,5-7H2,1H3,(H,13,15)(H,16,17);2*1H. The summed E-state index contributed by atoms with van der Waals surface area (Å²) in [5.41, 5.74) is 2.18. The van der Waals surface area contributed by atoms with Crippen LogP contribution in [0.1, 0.15) is 12.0 Å². The highest BCUT2D eigenvalue weighted by Gasteiger charge is 2.23. The van der Waals surface area contributed by atoms with Gasteiger partial charge in [-0.1, -0.05) is 0 Å². The van der Waals surface area contributed by atoms with Gasteiger partial charge < -0.3 is 16.0 Å². The van der Waals surface area contributed by atoms with E-state index in [1.165, 1.54) is 0 Å². The first kappa shape index (κ1) is 18.0. The fraction of sp³-hybridized carbons (Fsp3) is 0.500. The van der Waals surface area contributed by atoms with Crippen LogP contribution in [0, 0.1) is 6.92 Å². The highest BCUT2D eigenvalue weighted by Crippen LogP contribution is 2.10. The Morgan fingerprint density at radius 1 is 1.47 bits per heavy atom. The zero-order chi connectivity index (χ0) is 12.1. The highest BCUT2D eigenvalue weighted by molar-refractivity contribution is 5.85. The molecule has 2 rings (SSSR count). The smallest absolute Gasteiger partial charge is 0.237 e. The molecule has 1 unspecified atom stereocenters. The molecule has 5 nitrogen and oxygen atoms in total. The minimum atomic E-state index is 0. The lowest BCUT2D eigenvalue weighted by molar-refractivity contribution is -0.124. The Kier molecular flexibility index (Phi) is 8.47. The molecule has 0 aliphatic carbocycles. The Morgan fingerprint density at radius 3 is 2.79 bits per heavy atom. The molecular formula is C12H20Cl2N4O. The van der Waals surface area contributed by atoms with Crippen LogP contribution in [0.15, 0.2) is 18.5 Å². The number of rotatable bonds is 5. The molecule has 1 fully saturated rings. The van der Waals surface area contributed by atoms with Crippen LogP contribution >= 0.6 is 24.8 Å².